The maximum atomic E-state index is 3.67. The second-order valence-electron chi connectivity index (χ2n) is 6.00. The molecule has 0 radical (unpaired) electrons. The summed E-state index contributed by atoms with van der Waals surface area (Å²) in [6.07, 6.45) is 5.40. The van der Waals surface area contributed by atoms with Gasteiger partial charge in [0.25, 0.3) is 0 Å². The van der Waals surface area contributed by atoms with Crippen LogP contribution in [-0.4, -0.2) is 61.7 Å². The summed E-state index contributed by atoms with van der Waals surface area (Å²) in [5, 5.41) is 3.67. The van der Waals surface area contributed by atoms with E-state index < -0.39 is 0 Å². The van der Waals surface area contributed by atoms with E-state index in [9.17, 15) is 0 Å². The zero-order chi connectivity index (χ0) is 13.4. The summed E-state index contributed by atoms with van der Waals surface area (Å²) in [6.45, 7) is 12.9. The summed E-state index contributed by atoms with van der Waals surface area (Å²) >= 11 is 0. The van der Waals surface area contributed by atoms with Crippen LogP contribution in [0.2, 0.25) is 0 Å². The van der Waals surface area contributed by atoms with Gasteiger partial charge >= 0.3 is 0 Å². The van der Waals surface area contributed by atoms with Gasteiger partial charge in [0.15, 0.2) is 0 Å². The van der Waals surface area contributed by atoms with Crippen molar-refractivity contribution in [2.75, 3.05) is 39.8 Å². The number of hydrogen-bond acceptors (Lipinski definition) is 3. The third-order valence-electron chi connectivity index (χ3n) is 4.10. The lowest BCUT2D eigenvalue weighted by atomic mass is 10.1. The van der Waals surface area contributed by atoms with Crippen molar-refractivity contribution in [1.82, 2.24) is 15.1 Å². The molecule has 0 saturated carbocycles. The molecule has 1 heterocycles. The van der Waals surface area contributed by atoms with E-state index in [1.54, 1.807) is 0 Å². The predicted molar refractivity (Wildman–Crippen MR) is 80.1 cm³/mol. The zero-order valence-electron chi connectivity index (χ0n) is 12.9. The van der Waals surface area contributed by atoms with Crippen molar-refractivity contribution in [2.45, 2.75) is 58.5 Å². The first-order valence-electron chi connectivity index (χ1n) is 7.79. The molecule has 3 heteroatoms. The minimum atomic E-state index is 0.680. The van der Waals surface area contributed by atoms with E-state index in [4.69, 9.17) is 0 Å². The van der Waals surface area contributed by atoms with Crippen LogP contribution in [0.3, 0.4) is 0 Å². The average Bonchev–Trinajstić information content (AvgIpc) is 2.32. The van der Waals surface area contributed by atoms with E-state index in [0.29, 0.717) is 12.1 Å². The maximum absolute atomic E-state index is 3.67. The van der Waals surface area contributed by atoms with Gasteiger partial charge in [0.1, 0.15) is 0 Å². The summed E-state index contributed by atoms with van der Waals surface area (Å²) in [6, 6.07) is 1.39. The molecule has 0 aliphatic carbocycles. The Balaban J connectivity index is 2.06. The third-order valence-corrected chi connectivity index (χ3v) is 4.10. The van der Waals surface area contributed by atoms with Crippen molar-refractivity contribution in [2.24, 2.45) is 0 Å². The maximum Gasteiger partial charge on any atom is 0.0195 e. The lowest BCUT2D eigenvalue weighted by molar-refractivity contribution is 0.100. The van der Waals surface area contributed by atoms with Crippen LogP contribution in [0.25, 0.3) is 0 Å². The smallest absolute Gasteiger partial charge is 0.0195 e. The Labute approximate surface area is 114 Å². The fourth-order valence-electron chi connectivity index (χ4n) is 2.77. The molecule has 0 aromatic carbocycles. The molecule has 1 aliphatic heterocycles. The number of hydrogen-bond donors (Lipinski definition) is 1. The first kappa shape index (κ1) is 15.9. The molecule has 1 aliphatic rings. The molecule has 2 unspecified atom stereocenters. The van der Waals surface area contributed by atoms with Gasteiger partial charge < -0.3 is 10.2 Å². The van der Waals surface area contributed by atoms with Crippen LogP contribution in [0, 0.1) is 0 Å². The van der Waals surface area contributed by atoms with Gasteiger partial charge in [0.05, 0.1) is 0 Å². The fourth-order valence-corrected chi connectivity index (χ4v) is 2.77. The molecular formula is C15H33N3. The number of piperazine rings is 1. The highest BCUT2D eigenvalue weighted by molar-refractivity contribution is 4.78. The Bertz CT molecular complexity index is 208. The quantitative estimate of drug-likeness (QED) is 0.671. The molecule has 1 rings (SSSR count). The van der Waals surface area contributed by atoms with E-state index in [-0.39, 0.29) is 0 Å². The molecule has 18 heavy (non-hydrogen) atoms. The van der Waals surface area contributed by atoms with Crippen LogP contribution >= 0.6 is 0 Å². The Hall–Kier alpha value is -0.120. The monoisotopic (exact) mass is 255 g/mol. The normalized spacial score (nSPS) is 24.3. The molecule has 108 valence electrons. The number of nitrogens with zero attached hydrogens (tertiary/aromatic N) is 2. The van der Waals surface area contributed by atoms with Crippen LogP contribution in [0.1, 0.15) is 46.5 Å². The average molecular weight is 255 g/mol. The molecule has 2 atom stereocenters. The number of likely N-dealkylation sites (N-methyl/N-ethyl adjacent to an activating group) is 1. The Morgan fingerprint density at radius 2 is 2.06 bits per heavy atom. The minimum Gasteiger partial charge on any atom is -0.313 e. The van der Waals surface area contributed by atoms with Gasteiger partial charge in [-0.3, -0.25) is 4.90 Å². The fraction of sp³-hybridized carbons (Fsp3) is 1.00. The topological polar surface area (TPSA) is 18.5 Å². The molecule has 3 nitrogen and oxygen atoms in total. The van der Waals surface area contributed by atoms with Gasteiger partial charge in [-0.05, 0) is 27.3 Å². The minimum absolute atomic E-state index is 0.680. The van der Waals surface area contributed by atoms with E-state index in [1.807, 2.05) is 0 Å². The Kier molecular flexibility index (Phi) is 7.87. The van der Waals surface area contributed by atoms with Crippen molar-refractivity contribution >= 4 is 0 Å². The SMILES string of the molecule is CCCCCC(C)NCCN1CCN(C)CC1C. The molecule has 0 aromatic heterocycles. The largest absolute Gasteiger partial charge is 0.313 e. The molecule has 1 N–H and O–H groups in total. The second kappa shape index (κ2) is 8.89. The van der Waals surface area contributed by atoms with Gasteiger partial charge in [-0.1, -0.05) is 26.2 Å². The lowest BCUT2D eigenvalue weighted by Crippen LogP contribution is -2.52. The van der Waals surface area contributed by atoms with Gasteiger partial charge in [-0.25, -0.2) is 0 Å². The molecule has 0 amide bonds. The van der Waals surface area contributed by atoms with Crippen LogP contribution in [0.5, 0.6) is 0 Å². The first-order chi connectivity index (χ1) is 8.63. The summed E-state index contributed by atoms with van der Waals surface area (Å²) in [4.78, 5) is 5.05. The second-order valence-corrected chi connectivity index (χ2v) is 6.00. The highest BCUT2D eigenvalue weighted by atomic mass is 15.3. The Morgan fingerprint density at radius 1 is 1.28 bits per heavy atom. The highest BCUT2D eigenvalue weighted by Crippen LogP contribution is 2.07. The number of nitrogens with one attached hydrogen (secondary N) is 1. The van der Waals surface area contributed by atoms with Crippen LogP contribution in [0.4, 0.5) is 0 Å². The summed E-state index contributed by atoms with van der Waals surface area (Å²) in [5.41, 5.74) is 0. The standard InChI is InChI=1S/C15H33N3/c1-5-6-7-8-14(2)16-9-10-18-12-11-17(4)13-15(18)3/h14-16H,5-13H2,1-4H3. The van der Waals surface area contributed by atoms with E-state index in [0.717, 1.165) is 6.54 Å². The molecule has 1 fully saturated rings. The van der Waals surface area contributed by atoms with Gasteiger partial charge in [0, 0.05) is 44.8 Å². The van der Waals surface area contributed by atoms with Crippen molar-refractivity contribution < 1.29 is 0 Å². The summed E-state index contributed by atoms with van der Waals surface area (Å²) in [7, 11) is 2.22. The van der Waals surface area contributed by atoms with E-state index in [2.05, 4.69) is 42.9 Å². The molecular weight excluding hydrogens is 222 g/mol. The molecule has 0 bridgehead atoms. The summed E-state index contributed by atoms with van der Waals surface area (Å²) in [5.74, 6) is 0. The first-order valence-corrected chi connectivity index (χ1v) is 7.79. The molecule has 1 saturated heterocycles. The van der Waals surface area contributed by atoms with Crippen molar-refractivity contribution in [1.29, 1.82) is 0 Å². The van der Waals surface area contributed by atoms with Gasteiger partial charge in [-0.15, -0.1) is 0 Å². The number of unbranched alkanes of at least 4 members (excludes halogenated alkanes) is 2. The summed E-state index contributed by atoms with van der Waals surface area (Å²) < 4.78 is 0. The van der Waals surface area contributed by atoms with Gasteiger partial charge in [0.2, 0.25) is 0 Å². The zero-order valence-corrected chi connectivity index (χ0v) is 12.9. The van der Waals surface area contributed by atoms with E-state index in [1.165, 1.54) is 51.9 Å². The van der Waals surface area contributed by atoms with E-state index >= 15 is 0 Å². The Morgan fingerprint density at radius 3 is 2.72 bits per heavy atom. The van der Waals surface area contributed by atoms with Crippen molar-refractivity contribution in [3.8, 4) is 0 Å². The molecule has 0 aromatic rings. The third kappa shape index (κ3) is 6.17. The highest BCUT2D eigenvalue weighted by Gasteiger charge is 2.20. The predicted octanol–water partition coefficient (Wildman–Crippen LogP) is 2.18. The lowest BCUT2D eigenvalue weighted by Gasteiger charge is -2.38. The van der Waals surface area contributed by atoms with Crippen LogP contribution < -0.4 is 5.32 Å². The van der Waals surface area contributed by atoms with Crippen LogP contribution in [0.15, 0.2) is 0 Å². The van der Waals surface area contributed by atoms with Crippen LogP contribution in [-0.2, 0) is 0 Å². The van der Waals surface area contributed by atoms with Crippen molar-refractivity contribution in [3.05, 3.63) is 0 Å². The van der Waals surface area contributed by atoms with Crippen molar-refractivity contribution in [3.63, 3.8) is 0 Å². The molecule has 0 spiro atoms. The number of rotatable bonds is 8. The van der Waals surface area contributed by atoms with Gasteiger partial charge in [-0.2, -0.15) is 0 Å².